The SMILES string of the molecule is O=C(c1ccc(Cl)cc1)N1CCC(C(=O)N2CCN(c3ccc([N+](=O)[O-])cc3)CC2)CC1. The van der Waals surface area contributed by atoms with E-state index in [1.54, 1.807) is 41.3 Å². The van der Waals surface area contributed by atoms with Gasteiger partial charge in [-0.2, -0.15) is 0 Å². The first-order chi connectivity index (χ1) is 15.4. The smallest absolute Gasteiger partial charge is 0.269 e. The van der Waals surface area contributed by atoms with Crippen LogP contribution in [0, 0.1) is 16.0 Å². The Balaban J connectivity index is 1.26. The number of benzene rings is 2. The topological polar surface area (TPSA) is 87.0 Å². The van der Waals surface area contributed by atoms with Gasteiger partial charge >= 0.3 is 0 Å². The highest BCUT2D eigenvalue weighted by atomic mass is 35.5. The highest BCUT2D eigenvalue weighted by molar-refractivity contribution is 6.30. The molecule has 0 unspecified atom stereocenters. The van der Waals surface area contributed by atoms with E-state index in [-0.39, 0.29) is 23.4 Å². The molecule has 0 spiro atoms. The van der Waals surface area contributed by atoms with Gasteiger partial charge in [-0.15, -0.1) is 0 Å². The minimum Gasteiger partial charge on any atom is -0.368 e. The number of hydrogen-bond acceptors (Lipinski definition) is 5. The van der Waals surface area contributed by atoms with E-state index in [9.17, 15) is 19.7 Å². The van der Waals surface area contributed by atoms with Crippen molar-refractivity contribution in [2.75, 3.05) is 44.2 Å². The number of anilines is 1. The number of halogens is 1. The van der Waals surface area contributed by atoms with Crippen LogP contribution in [0.1, 0.15) is 23.2 Å². The maximum Gasteiger partial charge on any atom is 0.269 e. The van der Waals surface area contributed by atoms with Crippen molar-refractivity contribution >= 4 is 34.8 Å². The Hall–Kier alpha value is -3.13. The molecule has 8 nitrogen and oxygen atoms in total. The van der Waals surface area contributed by atoms with E-state index in [0.29, 0.717) is 62.7 Å². The summed E-state index contributed by atoms with van der Waals surface area (Å²) < 4.78 is 0. The van der Waals surface area contributed by atoms with Crippen molar-refractivity contribution in [2.24, 2.45) is 5.92 Å². The minimum atomic E-state index is -0.408. The molecule has 168 valence electrons. The molecule has 0 N–H and O–H groups in total. The number of likely N-dealkylation sites (tertiary alicyclic amines) is 1. The van der Waals surface area contributed by atoms with E-state index in [0.717, 1.165) is 5.69 Å². The van der Waals surface area contributed by atoms with Gasteiger partial charge in [-0.05, 0) is 49.2 Å². The van der Waals surface area contributed by atoms with E-state index < -0.39 is 4.92 Å². The number of piperazine rings is 1. The molecule has 2 amide bonds. The first kappa shape index (κ1) is 22.1. The van der Waals surface area contributed by atoms with Gasteiger partial charge < -0.3 is 14.7 Å². The molecular weight excluding hydrogens is 432 g/mol. The molecule has 0 bridgehead atoms. The molecule has 2 aromatic rings. The summed E-state index contributed by atoms with van der Waals surface area (Å²) in [5.74, 6) is 0.0754. The first-order valence-corrected chi connectivity index (χ1v) is 11.1. The van der Waals surface area contributed by atoms with Crippen LogP contribution < -0.4 is 4.90 Å². The normalized spacial score (nSPS) is 17.3. The van der Waals surface area contributed by atoms with Crippen LogP contribution in [0.3, 0.4) is 0 Å². The average molecular weight is 457 g/mol. The van der Waals surface area contributed by atoms with E-state index in [2.05, 4.69) is 4.90 Å². The Labute approximate surface area is 191 Å². The number of rotatable bonds is 4. The fraction of sp³-hybridized carbons (Fsp3) is 0.391. The lowest BCUT2D eigenvalue weighted by molar-refractivity contribution is -0.384. The molecule has 2 fully saturated rings. The zero-order valence-electron chi connectivity index (χ0n) is 17.7. The number of nitrogens with zero attached hydrogens (tertiary/aromatic N) is 4. The van der Waals surface area contributed by atoms with Crippen molar-refractivity contribution < 1.29 is 14.5 Å². The van der Waals surface area contributed by atoms with Crippen LogP contribution in [0.4, 0.5) is 11.4 Å². The molecule has 0 atom stereocenters. The fourth-order valence-electron chi connectivity index (χ4n) is 4.33. The Morgan fingerprint density at radius 2 is 1.44 bits per heavy atom. The van der Waals surface area contributed by atoms with Crippen LogP contribution in [0.2, 0.25) is 5.02 Å². The second-order valence-corrected chi connectivity index (χ2v) is 8.60. The van der Waals surface area contributed by atoms with Crippen LogP contribution in [0.5, 0.6) is 0 Å². The van der Waals surface area contributed by atoms with E-state index in [4.69, 9.17) is 11.6 Å². The van der Waals surface area contributed by atoms with Gasteiger partial charge in [-0.1, -0.05) is 11.6 Å². The molecule has 0 aromatic heterocycles. The molecule has 32 heavy (non-hydrogen) atoms. The zero-order valence-corrected chi connectivity index (χ0v) is 18.4. The van der Waals surface area contributed by atoms with Gasteiger partial charge in [0.2, 0.25) is 5.91 Å². The Morgan fingerprint density at radius 1 is 0.844 bits per heavy atom. The lowest BCUT2D eigenvalue weighted by Gasteiger charge is -2.39. The van der Waals surface area contributed by atoms with Crippen molar-refractivity contribution in [1.29, 1.82) is 0 Å². The molecule has 2 aliphatic rings. The molecule has 4 rings (SSSR count). The number of nitro groups is 1. The second-order valence-electron chi connectivity index (χ2n) is 8.16. The third-order valence-electron chi connectivity index (χ3n) is 6.24. The maximum absolute atomic E-state index is 13.0. The Kier molecular flexibility index (Phi) is 6.60. The summed E-state index contributed by atoms with van der Waals surface area (Å²) in [6.07, 6.45) is 1.33. The maximum atomic E-state index is 13.0. The van der Waals surface area contributed by atoms with E-state index >= 15 is 0 Å². The van der Waals surface area contributed by atoms with Gasteiger partial charge in [0.1, 0.15) is 0 Å². The van der Waals surface area contributed by atoms with Gasteiger partial charge in [0.25, 0.3) is 11.6 Å². The summed E-state index contributed by atoms with van der Waals surface area (Å²) >= 11 is 5.90. The number of hydrogen-bond donors (Lipinski definition) is 0. The highest BCUT2D eigenvalue weighted by Gasteiger charge is 2.32. The molecule has 2 saturated heterocycles. The van der Waals surface area contributed by atoms with Gasteiger partial charge in [-0.3, -0.25) is 19.7 Å². The first-order valence-electron chi connectivity index (χ1n) is 10.8. The molecular formula is C23H25ClN4O4. The number of piperidine rings is 1. The summed E-state index contributed by atoms with van der Waals surface area (Å²) in [5, 5.41) is 11.4. The molecule has 2 heterocycles. The third kappa shape index (κ3) is 4.85. The monoisotopic (exact) mass is 456 g/mol. The van der Waals surface area contributed by atoms with Crippen LogP contribution in [-0.2, 0) is 4.79 Å². The van der Waals surface area contributed by atoms with E-state index in [1.165, 1.54) is 12.1 Å². The molecule has 0 radical (unpaired) electrons. The van der Waals surface area contributed by atoms with E-state index in [1.807, 2.05) is 4.90 Å². The van der Waals surface area contributed by atoms with Gasteiger partial charge in [-0.25, -0.2) is 0 Å². The lowest BCUT2D eigenvalue weighted by atomic mass is 9.94. The summed E-state index contributed by atoms with van der Waals surface area (Å²) in [7, 11) is 0. The Morgan fingerprint density at radius 3 is 2.00 bits per heavy atom. The van der Waals surface area contributed by atoms with Gasteiger partial charge in [0, 0.05) is 73.6 Å². The van der Waals surface area contributed by atoms with Crippen LogP contribution in [-0.4, -0.2) is 65.8 Å². The van der Waals surface area contributed by atoms with Gasteiger partial charge in [0.15, 0.2) is 0 Å². The minimum absolute atomic E-state index is 0.0238. The standard InChI is InChI=1S/C23H25ClN4O4/c24-19-3-1-17(2-4-19)22(29)26-11-9-18(10-12-26)23(30)27-15-13-25(14-16-27)20-5-7-21(8-6-20)28(31)32/h1-8,18H,9-16H2. The second kappa shape index (κ2) is 9.56. The van der Waals surface area contributed by atoms with Crippen molar-refractivity contribution in [3.8, 4) is 0 Å². The van der Waals surface area contributed by atoms with Crippen molar-refractivity contribution in [3.63, 3.8) is 0 Å². The number of nitro benzene ring substituents is 1. The van der Waals surface area contributed by atoms with Crippen LogP contribution in [0.25, 0.3) is 0 Å². The largest absolute Gasteiger partial charge is 0.368 e. The molecule has 2 aliphatic heterocycles. The number of non-ortho nitro benzene ring substituents is 1. The summed E-state index contributed by atoms with van der Waals surface area (Å²) in [5.41, 5.74) is 1.61. The van der Waals surface area contributed by atoms with Crippen molar-refractivity contribution in [3.05, 3.63) is 69.2 Å². The predicted molar refractivity (Wildman–Crippen MR) is 122 cm³/mol. The molecule has 9 heteroatoms. The third-order valence-corrected chi connectivity index (χ3v) is 6.49. The Bertz CT molecular complexity index is 980. The highest BCUT2D eigenvalue weighted by Crippen LogP contribution is 2.24. The quantitative estimate of drug-likeness (QED) is 0.519. The molecule has 0 saturated carbocycles. The number of carbonyl (C=O) groups excluding carboxylic acids is 2. The summed E-state index contributed by atoms with van der Waals surface area (Å²) in [6, 6.07) is 13.4. The zero-order chi connectivity index (χ0) is 22.7. The van der Waals surface area contributed by atoms with Crippen LogP contribution in [0.15, 0.2) is 48.5 Å². The number of carbonyl (C=O) groups is 2. The number of amides is 2. The fourth-order valence-corrected chi connectivity index (χ4v) is 4.46. The summed E-state index contributed by atoms with van der Waals surface area (Å²) in [6.45, 7) is 3.77. The average Bonchev–Trinajstić information content (AvgIpc) is 2.84. The van der Waals surface area contributed by atoms with Gasteiger partial charge in [0.05, 0.1) is 4.92 Å². The van der Waals surface area contributed by atoms with Crippen molar-refractivity contribution in [2.45, 2.75) is 12.8 Å². The predicted octanol–water partition coefficient (Wildman–Crippen LogP) is 3.45. The molecule has 0 aliphatic carbocycles. The van der Waals surface area contributed by atoms with Crippen LogP contribution >= 0.6 is 11.6 Å². The molecule has 2 aromatic carbocycles. The summed E-state index contributed by atoms with van der Waals surface area (Å²) in [4.78, 5) is 41.9. The lowest BCUT2D eigenvalue weighted by Crippen LogP contribution is -2.52. The van der Waals surface area contributed by atoms with Crippen molar-refractivity contribution in [1.82, 2.24) is 9.80 Å².